The summed E-state index contributed by atoms with van der Waals surface area (Å²) in [5, 5.41) is 0. The fourth-order valence-corrected chi connectivity index (χ4v) is 3.46. The van der Waals surface area contributed by atoms with Gasteiger partial charge in [-0.1, -0.05) is 0 Å². The van der Waals surface area contributed by atoms with Crippen LogP contribution in [-0.2, 0) is 0 Å². The third-order valence-electron chi connectivity index (χ3n) is 5.24. The standard InChI is InChI=1S/C24H27NO7/c1-7-25(8-2)24(27)32-17-10-9-16-21(26)18(31-22(16)14(17)3)11-15-12-19(28-4)23(30-6)20(13-15)29-5/h9-13H,7-8H2,1-6H3/b18-11-. The topological polar surface area (TPSA) is 83.5 Å². The number of hydrogen-bond donors (Lipinski definition) is 0. The van der Waals surface area contributed by atoms with Crippen LogP contribution in [0.25, 0.3) is 6.08 Å². The first kappa shape index (κ1) is 23.0. The van der Waals surface area contributed by atoms with Crippen LogP contribution in [0.15, 0.2) is 30.0 Å². The molecule has 0 spiro atoms. The summed E-state index contributed by atoms with van der Waals surface area (Å²) in [7, 11) is 4.56. The molecule has 1 aliphatic heterocycles. The summed E-state index contributed by atoms with van der Waals surface area (Å²) in [5.41, 5.74) is 1.62. The number of ketones is 1. The van der Waals surface area contributed by atoms with E-state index in [1.165, 1.54) is 21.3 Å². The normalized spacial score (nSPS) is 13.4. The van der Waals surface area contributed by atoms with Crippen LogP contribution < -0.4 is 23.7 Å². The third-order valence-corrected chi connectivity index (χ3v) is 5.24. The van der Waals surface area contributed by atoms with Crippen molar-refractivity contribution < 1.29 is 33.3 Å². The zero-order valence-electron chi connectivity index (χ0n) is 19.1. The molecule has 0 aromatic heterocycles. The van der Waals surface area contributed by atoms with Gasteiger partial charge in [0.05, 0.1) is 26.9 Å². The molecule has 3 rings (SSSR count). The lowest BCUT2D eigenvalue weighted by atomic mass is 10.1. The van der Waals surface area contributed by atoms with Gasteiger partial charge in [0.1, 0.15) is 11.5 Å². The predicted molar refractivity (Wildman–Crippen MR) is 119 cm³/mol. The number of nitrogens with zero attached hydrogens (tertiary/aromatic N) is 1. The van der Waals surface area contributed by atoms with Crippen LogP contribution in [0.1, 0.15) is 35.3 Å². The molecule has 1 aliphatic rings. The molecule has 0 radical (unpaired) electrons. The second-order valence-electron chi connectivity index (χ2n) is 7.00. The van der Waals surface area contributed by atoms with Crippen LogP contribution in [0.4, 0.5) is 4.79 Å². The number of carbonyl (C=O) groups excluding carboxylic acids is 2. The zero-order valence-corrected chi connectivity index (χ0v) is 19.1. The highest BCUT2D eigenvalue weighted by atomic mass is 16.6. The van der Waals surface area contributed by atoms with Crippen molar-refractivity contribution in [1.29, 1.82) is 0 Å². The number of fused-ring (bicyclic) bond motifs is 1. The smallest absolute Gasteiger partial charge is 0.415 e. The van der Waals surface area contributed by atoms with Crippen LogP contribution in [0.5, 0.6) is 28.7 Å². The maximum atomic E-state index is 12.9. The first-order valence-electron chi connectivity index (χ1n) is 10.2. The van der Waals surface area contributed by atoms with E-state index in [9.17, 15) is 9.59 Å². The van der Waals surface area contributed by atoms with Gasteiger partial charge in [0, 0.05) is 18.7 Å². The van der Waals surface area contributed by atoms with Gasteiger partial charge < -0.3 is 28.6 Å². The highest BCUT2D eigenvalue weighted by Gasteiger charge is 2.31. The van der Waals surface area contributed by atoms with Crippen molar-refractivity contribution in [3.05, 3.63) is 46.7 Å². The number of benzene rings is 2. The molecule has 170 valence electrons. The molecule has 1 amide bonds. The first-order valence-corrected chi connectivity index (χ1v) is 10.2. The van der Waals surface area contributed by atoms with Gasteiger partial charge in [-0.25, -0.2) is 4.79 Å². The first-order chi connectivity index (χ1) is 15.4. The molecule has 0 N–H and O–H groups in total. The Hall–Kier alpha value is -3.68. The predicted octanol–water partition coefficient (Wildman–Crippen LogP) is 4.48. The van der Waals surface area contributed by atoms with E-state index in [4.69, 9.17) is 23.7 Å². The average Bonchev–Trinajstić information content (AvgIpc) is 3.11. The Labute approximate surface area is 187 Å². The van der Waals surface area contributed by atoms with Gasteiger partial charge in [-0.15, -0.1) is 0 Å². The van der Waals surface area contributed by atoms with Gasteiger partial charge in [-0.2, -0.15) is 0 Å². The molecule has 2 aromatic carbocycles. The Kier molecular flexibility index (Phi) is 6.92. The van der Waals surface area contributed by atoms with E-state index in [0.29, 0.717) is 58.5 Å². The average molecular weight is 441 g/mol. The molecule has 0 unspecified atom stereocenters. The maximum Gasteiger partial charge on any atom is 0.415 e. The molecule has 8 heteroatoms. The maximum absolute atomic E-state index is 12.9. The Bertz CT molecular complexity index is 1050. The summed E-state index contributed by atoms with van der Waals surface area (Å²) in [5.74, 6) is 1.98. The Morgan fingerprint density at radius 2 is 1.62 bits per heavy atom. The summed E-state index contributed by atoms with van der Waals surface area (Å²) in [6.07, 6.45) is 1.16. The van der Waals surface area contributed by atoms with E-state index in [2.05, 4.69) is 0 Å². The molecular weight excluding hydrogens is 414 g/mol. The summed E-state index contributed by atoms with van der Waals surface area (Å²) >= 11 is 0. The molecule has 8 nitrogen and oxygen atoms in total. The van der Waals surface area contributed by atoms with Crippen molar-refractivity contribution in [3.8, 4) is 28.7 Å². The second kappa shape index (κ2) is 9.64. The number of hydrogen-bond acceptors (Lipinski definition) is 7. The molecule has 0 fully saturated rings. The third kappa shape index (κ3) is 4.21. The minimum Gasteiger partial charge on any atom is -0.493 e. The number of methoxy groups -OCH3 is 3. The van der Waals surface area contributed by atoms with Gasteiger partial charge in [0.2, 0.25) is 11.5 Å². The molecule has 1 heterocycles. The number of carbonyl (C=O) groups is 2. The molecule has 2 aromatic rings. The summed E-state index contributed by atoms with van der Waals surface area (Å²) in [4.78, 5) is 26.8. The molecule has 32 heavy (non-hydrogen) atoms. The van der Waals surface area contributed by atoms with Crippen molar-refractivity contribution in [2.45, 2.75) is 20.8 Å². The second-order valence-corrected chi connectivity index (χ2v) is 7.00. The number of ether oxygens (including phenoxy) is 5. The Morgan fingerprint density at radius 3 is 2.16 bits per heavy atom. The summed E-state index contributed by atoms with van der Waals surface area (Å²) in [6, 6.07) is 6.65. The highest BCUT2D eigenvalue weighted by Crippen LogP contribution is 2.41. The van der Waals surface area contributed by atoms with Gasteiger partial charge in [0.25, 0.3) is 0 Å². The summed E-state index contributed by atoms with van der Waals surface area (Å²) < 4.78 is 27.5. The lowest BCUT2D eigenvalue weighted by Gasteiger charge is -2.19. The Morgan fingerprint density at radius 1 is 1.00 bits per heavy atom. The zero-order chi connectivity index (χ0) is 23.4. The Balaban J connectivity index is 1.93. The van der Waals surface area contributed by atoms with Crippen molar-refractivity contribution in [2.75, 3.05) is 34.4 Å². The van der Waals surface area contributed by atoms with E-state index in [-0.39, 0.29) is 11.5 Å². The van der Waals surface area contributed by atoms with Gasteiger partial charge in [-0.05, 0) is 56.7 Å². The monoisotopic (exact) mass is 441 g/mol. The van der Waals surface area contributed by atoms with Crippen LogP contribution in [0, 0.1) is 6.92 Å². The number of amides is 1. The van der Waals surface area contributed by atoms with E-state index < -0.39 is 6.09 Å². The fourth-order valence-electron chi connectivity index (χ4n) is 3.46. The van der Waals surface area contributed by atoms with Crippen LogP contribution in [0.3, 0.4) is 0 Å². The minimum atomic E-state index is -0.449. The molecule has 0 saturated heterocycles. The number of Topliss-reactive ketones (excluding diaryl/α,β-unsaturated/α-hetero) is 1. The molecule has 0 atom stereocenters. The summed E-state index contributed by atoms with van der Waals surface area (Å²) in [6.45, 7) is 6.58. The minimum absolute atomic E-state index is 0.143. The lowest BCUT2D eigenvalue weighted by molar-refractivity contribution is 0.101. The van der Waals surface area contributed by atoms with Crippen LogP contribution in [0.2, 0.25) is 0 Å². The SMILES string of the molecule is CCN(CC)C(=O)Oc1ccc2c(c1C)O/C(=C\c1cc(OC)c(OC)c(OC)c1)C2=O. The van der Waals surface area contributed by atoms with Gasteiger partial charge in [-0.3, -0.25) is 4.79 Å². The van der Waals surface area contributed by atoms with Crippen LogP contribution >= 0.6 is 0 Å². The van der Waals surface area contributed by atoms with Gasteiger partial charge >= 0.3 is 6.09 Å². The highest BCUT2D eigenvalue weighted by molar-refractivity contribution is 6.15. The largest absolute Gasteiger partial charge is 0.493 e. The van der Waals surface area contributed by atoms with E-state index in [1.807, 2.05) is 13.8 Å². The molecule has 0 bridgehead atoms. The van der Waals surface area contributed by atoms with Crippen molar-refractivity contribution in [2.24, 2.45) is 0 Å². The molecule has 0 saturated carbocycles. The van der Waals surface area contributed by atoms with Crippen molar-refractivity contribution in [1.82, 2.24) is 4.90 Å². The number of rotatable bonds is 7. The fraction of sp³-hybridized carbons (Fsp3) is 0.333. The lowest BCUT2D eigenvalue weighted by Crippen LogP contribution is -2.33. The molecule has 0 aliphatic carbocycles. The van der Waals surface area contributed by atoms with E-state index in [0.717, 1.165) is 0 Å². The molecular formula is C24H27NO7. The van der Waals surface area contributed by atoms with Crippen molar-refractivity contribution >= 4 is 18.0 Å². The quantitative estimate of drug-likeness (QED) is 0.586. The van der Waals surface area contributed by atoms with E-state index in [1.54, 1.807) is 42.2 Å². The van der Waals surface area contributed by atoms with E-state index >= 15 is 0 Å². The van der Waals surface area contributed by atoms with Gasteiger partial charge in [0.15, 0.2) is 17.3 Å². The van der Waals surface area contributed by atoms with Crippen molar-refractivity contribution in [3.63, 3.8) is 0 Å². The number of allylic oxidation sites excluding steroid dienone is 1. The van der Waals surface area contributed by atoms with Crippen LogP contribution in [-0.4, -0.2) is 51.2 Å².